The number of nitrogens with two attached hydrogens (primary N) is 1. The van der Waals surface area contributed by atoms with Crippen LogP contribution in [0.25, 0.3) is 10.8 Å². The Morgan fingerprint density at radius 3 is 2.73 bits per heavy atom. The van der Waals surface area contributed by atoms with E-state index < -0.39 is 30.7 Å². The van der Waals surface area contributed by atoms with Crippen LogP contribution in [0.3, 0.4) is 0 Å². The van der Waals surface area contributed by atoms with E-state index in [1.165, 1.54) is 6.07 Å². The minimum absolute atomic E-state index is 0.109. The molecule has 1 fully saturated rings. The number of alkyl halides is 1. The summed E-state index contributed by atoms with van der Waals surface area (Å²) < 4.78 is 25.2. The molecule has 0 bridgehead atoms. The number of rotatable bonds is 2. The zero-order valence-corrected chi connectivity index (χ0v) is 12.0. The van der Waals surface area contributed by atoms with Gasteiger partial charge in [-0.15, -0.1) is 0 Å². The van der Waals surface area contributed by atoms with Crippen LogP contribution in [0.15, 0.2) is 36.4 Å². The molecule has 1 aliphatic heterocycles. The molecule has 1 saturated heterocycles. The van der Waals surface area contributed by atoms with Gasteiger partial charge in [-0.25, -0.2) is 4.39 Å². The van der Waals surface area contributed by atoms with Crippen molar-refractivity contribution < 1.29 is 24.1 Å². The Morgan fingerprint density at radius 2 is 1.95 bits per heavy atom. The average Bonchev–Trinajstić information content (AvgIpc) is 2.53. The second kappa shape index (κ2) is 5.72. The molecule has 0 aliphatic carbocycles. The quantitative estimate of drug-likeness (QED) is 0.786. The molecule has 22 heavy (non-hydrogen) atoms. The Bertz CT molecular complexity index is 680. The van der Waals surface area contributed by atoms with Gasteiger partial charge in [0.1, 0.15) is 0 Å². The largest absolute Gasteiger partial charge is 0.504 e. The molecule has 118 valence electrons. The van der Waals surface area contributed by atoms with Crippen LogP contribution < -0.4 is 10.5 Å². The van der Waals surface area contributed by atoms with Crippen molar-refractivity contribution >= 4 is 10.8 Å². The molecular formula is C16H18FNO4. The van der Waals surface area contributed by atoms with Crippen molar-refractivity contribution in [3.05, 3.63) is 36.4 Å². The van der Waals surface area contributed by atoms with E-state index in [1.54, 1.807) is 25.1 Å². The molecular weight excluding hydrogens is 289 g/mol. The first-order valence-corrected chi connectivity index (χ1v) is 7.09. The van der Waals surface area contributed by atoms with E-state index in [1.807, 2.05) is 12.1 Å². The van der Waals surface area contributed by atoms with Gasteiger partial charge < -0.3 is 25.4 Å². The predicted octanol–water partition coefficient (Wildman–Crippen LogP) is 1.70. The molecule has 5 nitrogen and oxygen atoms in total. The number of ether oxygens (including phenoxy) is 2. The van der Waals surface area contributed by atoms with Crippen LogP contribution >= 0.6 is 0 Å². The Kier molecular flexibility index (Phi) is 3.90. The third-order valence-corrected chi connectivity index (χ3v) is 3.94. The molecule has 6 heteroatoms. The number of benzene rings is 2. The highest BCUT2D eigenvalue weighted by Gasteiger charge is 2.43. The topological polar surface area (TPSA) is 84.9 Å². The smallest absolute Gasteiger partial charge is 0.233 e. The number of phenolic OH excluding ortho intramolecular Hbond substituents is 1. The molecule has 0 unspecified atom stereocenters. The fourth-order valence-corrected chi connectivity index (χ4v) is 2.61. The SMILES string of the molecule is C[C@H]1O[C@@H](Oc2c(O)ccc3ccccc23)[C@H](F)[C@H](N)[C@H]1O. The van der Waals surface area contributed by atoms with Crippen LogP contribution in [0.1, 0.15) is 6.92 Å². The predicted molar refractivity (Wildman–Crippen MR) is 79.5 cm³/mol. The van der Waals surface area contributed by atoms with Gasteiger partial charge in [-0.05, 0) is 18.4 Å². The van der Waals surface area contributed by atoms with Crippen LogP contribution in [0.2, 0.25) is 0 Å². The van der Waals surface area contributed by atoms with Gasteiger partial charge in [0.2, 0.25) is 6.29 Å². The number of aromatic hydroxyl groups is 1. The Labute approximate surface area is 127 Å². The van der Waals surface area contributed by atoms with E-state index in [0.717, 1.165) is 5.39 Å². The number of hydrogen-bond donors (Lipinski definition) is 3. The lowest BCUT2D eigenvalue weighted by Gasteiger charge is -2.38. The minimum Gasteiger partial charge on any atom is -0.504 e. The van der Waals surface area contributed by atoms with Gasteiger partial charge in [0, 0.05) is 5.39 Å². The van der Waals surface area contributed by atoms with Crippen LogP contribution in [0.5, 0.6) is 11.5 Å². The van der Waals surface area contributed by atoms with Gasteiger partial charge in [0.15, 0.2) is 17.7 Å². The number of halogens is 1. The van der Waals surface area contributed by atoms with Gasteiger partial charge in [0.05, 0.1) is 18.2 Å². The van der Waals surface area contributed by atoms with E-state index in [2.05, 4.69) is 0 Å². The normalized spacial score (nSPS) is 32.1. The van der Waals surface area contributed by atoms with Crippen molar-refractivity contribution in [1.29, 1.82) is 0 Å². The Balaban J connectivity index is 1.94. The highest BCUT2D eigenvalue weighted by Crippen LogP contribution is 2.37. The first-order chi connectivity index (χ1) is 10.5. The van der Waals surface area contributed by atoms with Crippen LogP contribution in [0.4, 0.5) is 4.39 Å². The van der Waals surface area contributed by atoms with Crippen molar-refractivity contribution in [2.24, 2.45) is 5.73 Å². The van der Waals surface area contributed by atoms with Crippen molar-refractivity contribution in [3.63, 3.8) is 0 Å². The molecule has 4 N–H and O–H groups in total. The Hall–Kier alpha value is -1.89. The van der Waals surface area contributed by atoms with Gasteiger partial charge in [-0.1, -0.05) is 30.3 Å². The number of phenols is 1. The summed E-state index contributed by atoms with van der Waals surface area (Å²) in [5, 5.41) is 21.2. The van der Waals surface area contributed by atoms with Crippen molar-refractivity contribution in [3.8, 4) is 11.5 Å². The Morgan fingerprint density at radius 1 is 1.23 bits per heavy atom. The summed E-state index contributed by atoms with van der Waals surface area (Å²) >= 11 is 0. The third-order valence-electron chi connectivity index (χ3n) is 3.94. The lowest BCUT2D eigenvalue weighted by molar-refractivity contribution is -0.219. The fourth-order valence-electron chi connectivity index (χ4n) is 2.61. The second-order valence-electron chi connectivity index (χ2n) is 5.47. The van der Waals surface area contributed by atoms with Gasteiger partial charge in [-0.3, -0.25) is 0 Å². The standard InChI is InChI=1S/C16H18FNO4/c1-8-14(20)13(18)12(17)16(21-8)22-15-10-5-3-2-4-9(10)6-7-11(15)19/h2-8,12-14,16,19-20H,18H2,1H3/t8-,12-,13+,14+,16+/m1/s1. The maximum Gasteiger partial charge on any atom is 0.233 e. The minimum atomic E-state index is -1.70. The fraction of sp³-hybridized carbons (Fsp3) is 0.375. The average molecular weight is 307 g/mol. The molecule has 2 aromatic rings. The molecule has 0 amide bonds. The molecule has 2 aromatic carbocycles. The second-order valence-corrected chi connectivity index (χ2v) is 5.47. The van der Waals surface area contributed by atoms with Crippen molar-refractivity contribution in [1.82, 2.24) is 0 Å². The molecule has 3 rings (SSSR count). The maximum atomic E-state index is 14.3. The first-order valence-electron chi connectivity index (χ1n) is 7.09. The monoisotopic (exact) mass is 307 g/mol. The summed E-state index contributed by atoms with van der Waals surface area (Å²) in [5.74, 6) is 0.0309. The summed E-state index contributed by atoms with van der Waals surface area (Å²) in [6.45, 7) is 1.59. The maximum absolute atomic E-state index is 14.3. The summed E-state index contributed by atoms with van der Waals surface area (Å²) in [6, 6.07) is 9.38. The number of hydrogen-bond acceptors (Lipinski definition) is 5. The van der Waals surface area contributed by atoms with Crippen LogP contribution in [0, 0.1) is 0 Å². The van der Waals surface area contributed by atoms with Crippen LogP contribution in [-0.2, 0) is 4.74 Å². The zero-order chi connectivity index (χ0) is 15.9. The van der Waals surface area contributed by atoms with Gasteiger partial charge >= 0.3 is 0 Å². The van der Waals surface area contributed by atoms with E-state index in [9.17, 15) is 14.6 Å². The molecule has 1 aliphatic rings. The first kappa shape index (κ1) is 15.0. The summed E-state index contributed by atoms with van der Waals surface area (Å²) in [5.41, 5.74) is 5.66. The number of aliphatic hydroxyl groups is 1. The van der Waals surface area contributed by atoms with E-state index in [0.29, 0.717) is 5.39 Å². The van der Waals surface area contributed by atoms with E-state index in [4.69, 9.17) is 15.2 Å². The van der Waals surface area contributed by atoms with Crippen molar-refractivity contribution in [2.45, 2.75) is 37.6 Å². The molecule has 5 atom stereocenters. The molecule has 0 radical (unpaired) electrons. The molecule has 0 spiro atoms. The van der Waals surface area contributed by atoms with Crippen LogP contribution in [-0.4, -0.2) is 40.9 Å². The summed E-state index contributed by atoms with van der Waals surface area (Å²) in [4.78, 5) is 0. The lowest BCUT2D eigenvalue weighted by atomic mass is 9.99. The number of fused-ring (bicyclic) bond motifs is 1. The third kappa shape index (κ3) is 2.49. The molecule has 0 aromatic heterocycles. The highest BCUT2D eigenvalue weighted by atomic mass is 19.1. The van der Waals surface area contributed by atoms with E-state index >= 15 is 0 Å². The highest BCUT2D eigenvalue weighted by molar-refractivity contribution is 5.90. The van der Waals surface area contributed by atoms with Gasteiger partial charge in [-0.2, -0.15) is 0 Å². The number of aliphatic hydroxyl groups excluding tert-OH is 1. The lowest BCUT2D eigenvalue weighted by Crippen LogP contribution is -2.60. The van der Waals surface area contributed by atoms with Crippen molar-refractivity contribution in [2.75, 3.05) is 0 Å². The zero-order valence-electron chi connectivity index (χ0n) is 12.0. The summed E-state index contributed by atoms with van der Waals surface area (Å²) in [6.07, 6.45) is -4.75. The van der Waals surface area contributed by atoms with E-state index in [-0.39, 0.29) is 11.5 Å². The molecule has 0 saturated carbocycles. The van der Waals surface area contributed by atoms with Gasteiger partial charge in [0.25, 0.3) is 0 Å². The summed E-state index contributed by atoms with van der Waals surface area (Å²) in [7, 11) is 0. The molecule has 1 heterocycles.